The number of benzene rings is 1. The second-order valence-electron chi connectivity index (χ2n) is 2.98. The molecule has 1 rings (SSSR count). The smallest absolute Gasteiger partial charge is 0.208 e. The van der Waals surface area contributed by atoms with Crippen molar-refractivity contribution in [2.24, 2.45) is 0 Å². The van der Waals surface area contributed by atoms with Crippen molar-refractivity contribution >= 4 is 22.2 Å². The van der Waals surface area contributed by atoms with Crippen LogP contribution < -0.4 is 18.9 Å². The van der Waals surface area contributed by atoms with Gasteiger partial charge in [-0.2, -0.15) is 0 Å². The third-order valence-corrected chi connectivity index (χ3v) is 3.02. The highest BCUT2D eigenvalue weighted by atomic mass is 79.9. The van der Waals surface area contributed by atoms with Gasteiger partial charge in [0, 0.05) is 0 Å². The molecule has 0 radical (unpaired) electrons. The van der Waals surface area contributed by atoms with E-state index in [0.29, 0.717) is 39.3 Å². The van der Waals surface area contributed by atoms with Crippen LogP contribution in [0.2, 0.25) is 0 Å². The molecule has 0 heterocycles. The molecule has 0 atom stereocenters. The van der Waals surface area contributed by atoms with Crippen LogP contribution in [0.5, 0.6) is 23.0 Å². The molecule has 0 bridgehead atoms. The van der Waals surface area contributed by atoms with Gasteiger partial charge in [0.15, 0.2) is 17.8 Å². The highest BCUT2D eigenvalue weighted by Crippen LogP contribution is 2.50. The normalized spacial score (nSPS) is 9.71. The van der Waals surface area contributed by atoms with E-state index in [-0.39, 0.29) is 0 Å². The van der Waals surface area contributed by atoms with Gasteiger partial charge in [-0.1, -0.05) is 0 Å². The van der Waals surface area contributed by atoms with Crippen LogP contribution in [0.25, 0.3) is 0 Å². The fraction of sp³-hybridized carbons (Fsp3) is 0.364. The zero-order valence-electron chi connectivity index (χ0n) is 10.00. The summed E-state index contributed by atoms with van der Waals surface area (Å²) < 4.78 is 21.2. The molecular formula is C11H13BrO5. The molecule has 0 fully saturated rings. The molecule has 0 spiro atoms. The van der Waals surface area contributed by atoms with E-state index < -0.39 is 0 Å². The maximum absolute atomic E-state index is 11.1. The summed E-state index contributed by atoms with van der Waals surface area (Å²) in [6, 6.07) is 0. The first-order valence-corrected chi connectivity index (χ1v) is 5.46. The zero-order chi connectivity index (χ0) is 13.0. The van der Waals surface area contributed by atoms with Crippen LogP contribution in [0.1, 0.15) is 10.4 Å². The van der Waals surface area contributed by atoms with Crippen LogP contribution in [0.4, 0.5) is 0 Å². The molecule has 5 nitrogen and oxygen atoms in total. The highest BCUT2D eigenvalue weighted by molar-refractivity contribution is 9.10. The minimum atomic E-state index is 0.298. The molecule has 0 aromatic heterocycles. The molecule has 0 saturated heterocycles. The lowest BCUT2D eigenvalue weighted by molar-refractivity contribution is 0.111. The van der Waals surface area contributed by atoms with Crippen molar-refractivity contribution in [3.05, 3.63) is 10.0 Å². The summed E-state index contributed by atoms with van der Waals surface area (Å²) >= 11 is 3.28. The van der Waals surface area contributed by atoms with Gasteiger partial charge in [0.25, 0.3) is 0 Å². The van der Waals surface area contributed by atoms with Crippen LogP contribution >= 0.6 is 15.9 Å². The summed E-state index contributed by atoms with van der Waals surface area (Å²) in [6.07, 6.45) is 0.660. The standard InChI is InChI=1S/C11H13BrO5/c1-14-8-6(5-13)7(12)9(15-2)11(17-4)10(8)16-3/h5H,1-4H3. The van der Waals surface area contributed by atoms with E-state index in [0.717, 1.165) is 0 Å². The van der Waals surface area contributed by atoms with Crippen LogP contribution in [0.3, 0.4) is 0 Å². The molecule has 94 valence electrons. The number of hydrogen-bond acceptors (Lipinski definition) is 5. The number of ether oxygens (including phenoxy) is 4. The van der Waals surface area contributed by atoms with Gasteiger partial charge in [-0.25, -0.2) is 0 Å². The largest absolute Gasteiger partial charge is 0.492 e. The van der Waals surface area contributed by atoms with Gasteiger partial charge < -0.3 is 18.9 Å². The molecule has 0 N–H and O–H groups in total. The number of rotatable bonds is 5. The lowest BCUT2D eigenvalue weighted by Crippen LogP contribution is -2.02. The van der Waals surface area contributed by atoms with Crippen molar-refractivity contribution < 1.29 is 23.7 Å². The Kier molecular flexibility index (Phi) is 4.62. The van der Waals surface area contributed by atoms with Crippen LogP contribution in [0, 0.1) is 0 Å². The third-order valence-electron chi connectivity index (χ3n) is 2.23. The van der Waals surface area contributed by atoms with Crippen molar-refractivity contribution in [2.45, 2.75) is 0 Å². The first-order valence-electron chi connectivity index (χ1n) is 4.66. The van der Waals surface area contributed by atoms with Crippen molar-refractivity contribution in [3.63, 3.8) is 0 Å². The van der Waals surface area contributed by atoms with Gasteiger partial charge in [0.1, 0.15) is 0 Å². The van der Waals surface area contributed by atoms with E-state index in [2.05, 4.69) is 15.9 Å². The predicted octanol–water partition coefficient (Wildman–Crippen LogP) is 2.30. The molecule has 1 aromatic rings. The van der Waals surface area contributed by atoms with E-state index in [1.165, 1.54) is 28.4 Å². The molecule has 0 unspecified atom stereocenters. The fourth-order valence-corrected chi connectivity index (χ4v) is 2.13. The quantitative estimate of drug-likeness (QED) is 0.781. The maximum atomic E-state index is 11.1. The Morgan fingerprint density at radius 1 is 0.824 bits per heavy atom. The monoisotopic (exact) mass is 304 g/mol. The van der Waals surface area contributed by atoms with E-state index in [1.54, 1.807) is 0 Å². The number of hydrogen-bond donors (Lipinski definition) is 0. The summed E-state index contributed by atoms with van der Waals surface area (Å²) in [5.74, 6) is 1.36. The summed E-state index contributed by atoms with van der Waals surface area (Å²) in [7, 11) is 5.86. The Hall–Kier alpha value is -1.43. The van der Waals surface area contributed by atoms with Gasteiger partial charge in [-0.3, -0.25) is 4.79 Å². The average Bonchev–Trinajstić information content (AvgIpc) is 2.36. The number of aldehydes is 1. The van der Waals surface area contributed by atoms with Gasteiger partial charge in [-0.05, 0) is 15.9 Å². The number of carbonyl (C=O) groups excluding carboxylic acids is 1. The zero-order valence-corrected chi connectivity index (χ0v) is 11.6. The van der Waals surface area contributed by atoms with Gasteiger partial charge in [0.05, 0.1) is 38.5 Å². The molecule has 0 saturated carbocycles. The minimum Gasteiger partial charge on any atom is -0.492 e. The van der Waals surface area contributed by atoms with E-state index in [1.807, 2.05) is 0 Å². The van der Waals surface area contributed by atoms with Crippen molar-refractivity contribution in [2.75, 3.05) is 28.4 Å². The summed E-state index contributed by atoms with van der Waals surface area (Å²) in [5, 5.41) is 0. The Morgan fingerprint density at radius 3 is 1.59 bits per heavy atom. The van der Waals surface area contributed by atoms with Crippen molar-refractivity contribution in [1.29, 1.82) is 0 Å². The molecule has 6 heteroatoms. The van der Waals surface area contributed by atoms with Gasteiger partial charge >= 0.3 is 0 Å². The Bertz CT molecular complexity index is 431. The molecule has 0 aliphatic rings. The number of carbonyl (C=O) groups is 1. The van der Waals surface area contributed by atoms with Crippen LogP contribution in [-0.2, 0) is 0 Å². The first kappa shape index (κ1) is 13.6. The lowest BCUT2D eigenvalue weighted by atomic mass is 10.1. The summed E-state index contributed by atoms with van der Waals surface area (Å²) in [4.78, 5) is 11.1. The Labute approximate surface area is 108 Å². The third kappa shape index (κ3) is 2.17. The Morgan fingerprint density at radius 2 is 1.24 bits per heavy atom. The molecular weight excluding hydrogens is 292 g/mol. The van der Waals surface area contributed by atoms with Crippen LogP contribution in [0.15, 0.2) is 4.47 Å². The Balaban J connectivity index is 3.72. The van der Waals surface area contributed by atoms with Crippen molar-refractivity contribution in [3.8, 4) is 23.0 Å². The molecule has 0 amide bonds. The van der Waals surface area contributed by atoms with Gasteiger partial charge in [-0.15, -0.1) is 0 Å². The van der Waals surface area contributed by atoms with E-state index in [4.69, 9.17) is 18.9 Å². The van der Waals surface area contributed by atoms with E-state index in [9.17, 15) is 4.79 Å². The summed E-state index contributed by atoms with van der Waals surface area (Å²) in [5.41, 5.74) is 0.307. The second kappa shape index (κ2) is 5.77. The van der Waals surface area contributed by atoms with Crippen molar-refractivity contribution in [1.82, 2.24) is 0 Å². The minimum absolute atomic E-state index is 0.298. The highest BCUT2D eigenvalue weighted by Gasteiger charge is 2.25. The number of methoxy groups -OCH3 is 4. The lowest BCUT2D eigenvalue weighted by Gasteiger charge is -2.18. The fourth-order valence-electron chi connectivity index (χ4n) is 1.51. The number of halogens is 1. The van der Waals surface area contributed by atoms with Gasteiger partial charge in [0.2, 0.25) is 11.5 Å². The maximum Gasteiger partial charge on any atom is 0.208 e. The molecule has 0 aliphatic heterocycles. The molecule has 17 heavy (non-hydrogen) atoms. The summed E-state index contributed by atoms with van der Waals surface area (Å²) in [6.45, 7) is 0. The SMILES string of the molecule is COc1c(Br)c(C=O)c(OC)c(OC)c1OC. The topological polar surface area (TPSA) is 54.0 Å². The predicted molar refractivity (Wildman–Crippen MR) is 65.7 cm³/mol. The van der Waals surface area contributed by atoms with E-state index >= 15 is 0 Å². The second-order valence-corrected chi connectivity index (χ2v) is 3.77. The molecule has 1 aromatic carbocycles. The van der Waals surface area contributed by atoms with Crippen LogP contribution in [-0.4, -0.2) is 34.7 Å². The average molecular weight is 305 g/mol. The first-order chi connectivity index (χ1) is 8.15. The molecule has 0 aliphatic carbocycles.